The Balaban J connectivity index is 3.12. The summed E-state index contributed by atoms with van der Waals surface area (Å²) in [5.41, 5.74) is 3.88. The summed E-state index contributed by atoms with van der Waals surface area (Å²) in [6, 6.07) is 1.90. The van der Waals surface area contributed by atoms with E-state index in [2.05, 4.69) is 68.9 Å². The Hall–Kier alpha value is -1.77. The number of fused-ring (bicyclic) bond motifs is 1. The van der Waals surface area contributed by atoms with Crippen LogP contribution in [0.2, 0.25) is 0 Å². The molecular formula is C23H33FN2. The average Bonchev–Trinajstić information content (AvgIpc) is 2.42. The molecule has 0 radical (unpaired) electrons. The maximum absolute atomic E-state index is 14.4. The number of hydrogen-bond donors (Lipinski definition) is 0. The first-order valence-corrected chi connectivity index (χ1v) is 9.26. The number of hydrogen-bond acceptors (Lipinski definition) is 2. The molecule has 0 N–H and O–H groups in total. The van der Waals surface area contributed by atoms with Crippen LogP contribution in [0.15, 0.2) is 12.6 Å². The number of aromatic nitrogens is 2. The Morgan fingerprint density at radius 3 is 1.81 bits per heavy atom. The highest BCUT2D eigenvalue weighted by atomic mass is 19.1. The summed E-state index contributed by atoms with van der Waals surface area (Å²) in [4.78, 5) is 9.85. The summed E-state index contributed by atoms with van der Waals surface area (Å²) in [6.07, 6.45) is 0. The second-order valence-electron chi connectivity index (χ2n) is 10.4. The molecular weight excluding hydrogens is 323 g/mol. The normalized spacial score (nSPS) is 13.3. The Morgan fingerprint density at radius 2 is 1.42 bits per heavy atom. The van der Waals surface area contributed by atoms with E-state index in [1.807, 2.05) is 13.0 Å². The van der Waals surface area contributed by atoms with Crippen molar-refractivity contribution in [3.05, 3.63) is 40.9 Å². The van der Waals surface area contributed by atoms with Gasteiger partial charge >= 0.3 is 0 Å². The van der Waals surface area contributed by atoms with E-state index in [-0.39, 0.29) is 16.2 Å². The van der Waals surface area contributed by atoms with Gasteiger partial charge in [0.05, 0.1) is 11.2 Å². The van der Waals surface area contributed by atoms with Crippen molar-refractivity contribution in [2.75, 3.05) is 0 Å². The summed E-state index contributed by atoms with van der Waals surface area (Å²) < 4.78 is 14.4. The van der Waals surface area contributed by atoms with Gasteiger partial charge in [-0.2, -0.15) is 0 Å². The maximum Gasteiger partial charge on any atom is 0.134 e. The molecule has 2 nitrogen and oxygen atoms in total. The molecule has 0 atom stereocenters. The van der Waals surface area contributed by atoms with Crippen molar-refractivity contribution >= 4 is 16.7 Å². The van der Waals surface area contributed by atoms with Gasteiger partial charge in [0.15, 0.2) is 0 Å². The Morgan fingerprint density at radius 1 is 0.885 bits per heavy atom. The average molecular weight is 357 g/mol. The van der Waals surface area contributed by atoms with Crippen LogP contribution in [0.5, 0.6) is 0 Å². The predicted octanol–water partition coefficient (Wildman–Crippen LogP) is 6.77. The fraction of sp³-hybridized carbons (Fsp3) is 0.565. The number of nitrogens with zero attached hydrogens (tertiary/aromatic N) is 2. The summed E-state index contributed by atoms with van der Waals surface area (Å²) in [6.45, 7) is 24.7. The molecule has 2 aromatic rings. The van der Waals surface area contributed by atoms with Crippen molar-refractivity contribution < 1.29 is 4.39 Å². The summed E-state index contributed by atoms with van der Waals surface area (Å²) in [7, 11) is 0. The number of rotatable bonds is 1. The molecule has 142 valence electrons. The molecule has 0 saturated heterocycles. The Labute approximate surface area is 158 Å². The van der Waals surface area contributed by atoms with Crippen LogP contribution in [0.3, 0.4) is 0 Å². The first-order valence-electron chi connectivity index (χ1n) is 9.26. The molecule has 0 unspecified atom stereocenters. The van der Waals surface area contributed by atoms with Gasteiger partial charge in [-0.15, -0.1) is 0 Å². The standard InChI is InChI=1S/C23H33FN2/c1-13-17(21(3,4)5)15(14(2)24)12-16-18(13)25-20(23(9,10)11)26-19(16)22(6,7)8/h12H,2H2,1,3-11H3. The molecule has 1 heterocycles. The summed E-state index contributed by atoms with van der Waals surface area (Å²) >= 11 is 0. The zero-order valence-corrected chi connectivity index (χ0v) is 18.1. The largest absolute Gasteiger partial charge is 0.236 e. The highest BCUT2D eigenvalue weighted by Crippen LogP contribution is 2.40. The van der Waals surface area contributed by atoms with E-state index < -0.39 is 5.83 Å². The zero-order valence-electron chi connectivity index (χ0n) is 18.1. The second kappa shape index (κ2) is 6.14. The molecule has 0 aliphatic carbocycles. The van der Waals surface area contributed by atoms with E-state index in [0.717, 1.165) is 33.5 Å². The van der Waals surface area contributed by atoms with E-state index in [1.165, 1.54) is 0 Å². The molecule has 0 aliphatic rings. The van der Waals surface area contributed by atoms with Gasteiger partial charge in [0.25, 0.3) is 0 Å². The van der Waals surface area contributed by atoms with Crippen LogP contribution >= 0.6 is 0 Å². The van der Waals surface area contributed by atoms with Gasteiger partial charge < -0.3 is 0 Å². The van der Waals surface area contributed by atoms with Gasteiger partial charge in [-0.05, 0) is 29.5 Å². The lowest BCUT2D eigenvalue weighted by Crippen LogP contribution is -2.23. The van der Waals surface area contributed by atoms with E-state index in [0.29, 0.717) is 5.56 Å². The van der Waals surface area contributed by atoms with Gasteiger partial charge in [0.2, 0.25) is 0 Å². The van der Waals surface area contributed by atoms with Crippen molar-refractivity contribution in [2.45, 2.75) is 85.5 Å². The highest BCUT2D eigenvalue weighted by Gasteiger charge is 2.30. The van der Waals surface area contributed by atoms with Gasteiger partial charge in [-0.1, -0.05) is 68.9 Å². The molecule has 26 heavy (non-hydrogen) atoms. The van der Waals surface area contributed by atoms with Gasteiger partial charge in [0.1, 0.15) is 11.7 Å². The third kappa shape index (κ3) is 3.67. The van der Waals surface area contributed by atoms with Crippen molar-refractivity contribution in [3.8, 4) is 0 Å². The van der Waals surface area contributed by atoms with Gasteiger partial charge in [-0.25, -0.2) is 14.4 Å². The summed E-state index contributed by atoms with van der Waals surface area (Å²) in [5, 5.41) is 0.921. The monoisotopic (exact) mass is 356 g/mol. The van der Waals surface area contributed by atoms with Gasteiger partial charge in [-0.3, -0.25) is 0 Å². The van der Waals surface area contributed by atoms with Crippen LogP contribution < -0.4 is 0 Å². The molecule has 1 aromatic carbocycles. The van der Waals surface area contributed by atoms with E-state index in [9.17, 15) is 4.39 Å². The van der Waals surface area contributed by atoms with Crippen molar-refractivity contribution in [3.63, 3.8) is 0 Å². The topological polar surface area (TPSA) is 25.8 Å². The van der Waals surface area contributed by atoms with Crippen LogP contribution in [-0.2, 0) is 16.2 Å². The predicted molar refractivity (Wildman–Crippen MR) is 111 cm³/mol. The van der Waals surface area contributed by atoms with Crippen molar-refractivity contribution in [1.29, 1.82) is 0 Å². The molecule has 0 aliphatic heterocycles. The minimum absolute atomic E-state index is 0.162. The van der Waals surface area contributed by atoms with Crippen LogP contribution in [0.1, 0.15) is 90.5 Å². The molecule has 0 fully saturated rings. The van der Waals surface area contributed by atoms with E-state index in [4.69, 9.17) is 9.97 Å². The van der Waals surface area contributed by atoms with Crippen molar-refractivity contribution in [1.82, 2.24) is 9.97 Å². The zero-order chi connectivity index (χ0) is 20.2. The first-order chi connectivity index (χ1) is 11.5. The molecule has 2 rings (SSSR count). The molecule has 3 heteroatoms. The van der Waals surface area contributed by atoms with Crippen LogP contribution in [-0.4, -0.2) is 9.97 Å². The number of aryl methyl sites for hydroxylation is 1. The highest BCUT2D eigenvalue weighted by molar-refractivity contribution is 5.90. The lowest BCUT2D eigenvalue weighted by molar-refractivity contribution is 0.519. The van der Waals surface area contributed by atoms with Gasteiger partial charge in [0, 0.05) is 21.8 Å². The molecule has 0 saturated carbocycles. The van der Waals surface area contributed by atoms with Crippen molar-refractivity contribution in [2.24, 2.45) is 0 Å². The number of benzene rings is 1. The SMILES string of the molecule is C=C(F)c1cc2c(C(C)(C)C)nc(C(C)(C)C)nc2c(C)c1C(C)(C)C. The molecule has 0 bridgehead atoms. The quantitative estimate of drug-likeness (QED) is 0.563. The lowest BCUT2D eigenvalue weighted by Gasteiger charge is -2.29. The van der Waals surface area contributed by atoms with Crippen LogP contribution in [0, 0.1) is 6.92 Å². The van der Waals surface area contributed by atoms with Crippen LogP contribution in [0.25, 0.3) is 16.7 Å². The Kier molecular flexibility index (Phi) is 4.85. The minimum atomic E-state index is -0.403. The third-order valence-electron chi connectivity index (χ3n) is 4.66. The minimum Gasteiger partial charge on any atom is -0.236 e. The number of halogens is 1. The smallest absolute Gasteiger partial charge is 0.134 e. The third-order valence-corrected chi connectivity index (χ3v) is 4.66. The fourth-order valence-corrected chi connectivity index (χ4v) is 3.52. The van der Waals surface area contributed by atoms with Crippen LogP contribution in [0.4, 0.5) is 4.39 Å². The maximum atomic E-state index is 14.4. The lowest BCUT2D eigenvalue weighted by atomic mass is 9.78. The fourth-order valence-electron chi connectivity index (χ4n) is 3.52. The van der Waals surface area contributed by atoms with E-state index >= 15 is 0 Å². The molecule has 0 spiro atoms. The Bertz CT molecular complexity index is 872. The first kappa shape index (κ1) is 20.5. The molecule has 0 amide bonds. The summed E-state index contributed by atoms with van der Waals surface area (Å²) in [5.74, 6) is 0.421. The molecule has 1 aromatic heterocycles. The van der Waals surface area contributed by atoms with E-state index in [1.54, 1.807) is 0 Å². The second-order valence-corrected chi connectivity index (χ2v) is 10.4.